The molecule has 0 bridgehead atoms. The SMILES string of the molecule is NCCCC[C@H](NC(=O)[C@H](CCCCN)NC(=O)[C@H](CCCCN)NC(=O)[C@H](CCCCN)NC(=O)[C@H](CCCCN)NC(=O)[C@H](Cc1c[nH]c2ccccc12)NC(=O)[C@H](CCCN=C(N)N)NC(=O)[C@H](Cc1ccc(O)cc1)NC(=O)[C@H](Cc1ccc(O)cc1)NC(=O)[C@@H](N)CCCN=C(N)N)C(=O)O. The number of para-hydroxylation sites is 1. The lowest BCUT2D eigenvalue weighted by Crippen LogP contribution is -2.61. The van der Waals surface area contributed by atoms with Gasteiger partial charge in [0.15, 0.2) is 11.9 Å². The highest BCUT2D eigenvalue weighted by molar-refractivity contribution is 5.99. The summed E-state index contributed by atoms with van der Waals surface area (Å²) in [5.41, 5.74) is 59.8. The molecule has 0 aliphatic carbocycles. The third kappa shape index (κ3) is 32.9. The summed E-state index contributed by atoms with van der Waals surface area (Å²) in [7, 11) is 0. The van der Waals surface area contributed by atoms with Crippen molar-refractivity contribution in [2.24, 2.45) is 67.3 Å². The molecule has 0 fully saturated rings. The lowest BCUT2D eigenvalue weighted by atomic mass is 10.0. The molecule has 586 valence electrons. The Labute approximate surface area is 617 Å². The average molecular weight is 1480 g/mol. The number of carboxylic acids is 1. The number of carbonyl (C=O) groups is 10. The minimum absolute atomic E-state index is 0.00452. The zero-order valence-electron chi connectivity index (χ0n) is 60.4. The van der Waals surface area contributed by atoms with E-state index < -0.39 is 120 Å². The van der Waals surface area contributed by atoms with Gasteiger partial charge >= 0.3 is 5.97 Å². The lowest BCUT2D eigenvalue weighted by Gasteiger charge is -2.28. The highest BCUT2D eigenvalue weighted by atomic mass is 16.4. The molecule has 106 heavy (non-hydrogen) atoms. The van der Waals surface area contributed by atoms with Crippen molar-refractivity contribution in [2.75, 3.05) is 45.8 Å². The van der Waals surface area contributed by atoms with Crippen LogP contribution in [0.2, 0.25) is 0 Å². The summed E-state index contributed by atoms with van der Waals surface area (Å²) in [6.07, 6.45) is 5.54. The minimum atomic E-state index is -1.52. The number of hydrogen-bond acceptors (Lipinski definition) is 20. The predicted octanol–water partition coefficient (Wildman–Crippen LogP) is -2.87. The Hall–Kier alpha value is -10.2. The number of guanidine groups is 2. The summed E-state index contributed by atoms with van der Waals surface area (Å²) < 4.78 is 0. The summed E-state index contributed by atoms with van der Waals surface area (Å²) >= 11 is 0. The quantitative estimate of drug-likeness (QED) is 0.0120. The number of aliphatic carboxylic acids is 1. The molecule has 9 amide bonds. The van der Waals surface area contributed by atoms with Gasteiger partial charge in [0.05, 0.1) is 6.04 Å². The topological polar surface area (TPSA) is 640 Å². The molecule has 35 nitrogen and oxygen atoms in total. The van der Waals surface area contributed by atoms with Crippen LogP contribution in [0.25, 0.3) is 10.9 Å². The summed E-state index contributed by atoms with van der Waals surface area (Å²) in [6.45, 7) is 1.41. The van der Waals surface area contributed by atoms with Crippen molar-refractivity contribution >= 4 is 82.0 Å². The number of carbonyl (C=O) groups excluding carboxylic acids is 9. The number of benzene rings is 3. The van der Waals surface area contributed by atoms with Crippen molar-refractivity contribution in [1.29, 1.82) is 0 Å². The molecule has 1 heterocycles. The van der Waals surface area contributed by atoms with E-state index in [1.54, 1.807) is 30.5 Å². The van der Waals surface area contributed by atoms with Crippen molar-refractivity contribution in [2.45, 2.75) is 202 Å². The first kappa shape index (κ1) is 88.2. The highest BCUT2D eigenvalue weighted by Crippen LogP contribution is 2.21. The summed E-state index contributed by atoms with van der Waals surface area (Å²) in [5, 5.41) is 55.6. The smallest absolute Gasteiger partial charge is 0.326 e. The van der Waals surface area contributed by atoms with Gasteiger partial charge in [0.1, 0.15) is 65.9 Å². The van der Waals surface area contributed by atoms with Gasteiger partial charge in [-0.25, -0.2) is 4.79 Å². The number of nitrogens with zero attached hydrogens (tertiary/aromatic N) is 2. The van der Waals surface area contributed by atoms with Crippen molar-refractivity contribution in [3.05, 3.63) is 95.7 Å². The molecule has 35 heteroatoms. The van der Waals surface area contributed by atoms with Gasteiger partial charge in [-0.15, -0.1) is 0 Å². The van der Waals surface area contributed by atoms with Gasteiger partial charge < -0.3 is 125 Å². The zero-order chi connectivity index (χ0) is 77.9. The van der Waals surface area contributed by atoms with E-state index in [2.05, 4.69) is 62.8 Å². The van der Waals surface area contributed by atoms with Crippen molar-refractivity contribution in [3.63, 3.8) is 0 Å². The number of phenols is 2. The van der Waals surface area contributed by atoms with Crippen LogP contribution in [0, 0.1) is 0 Å². The zero-order valence-corrected chi connectivity index (χ0v) is 60.4. The summed E-state index contributed by atoms with van der Waals surface area (Å²) in [5.74, 6) is -9.28. The average Bonchev–Trinajstić information content (AvgIpc) is 1.53. The molecule has 0 aliphatic rings. The molecule has 10 atom stereocenters. The Kier molecular flexibility index (Phi) is 40.6. The van der Waals surface area contributed by atoms with Gasteiger partial charge in [-0.05, 0) is 202 Å². The highest BCUT2D eigenvalue weighted by Gasteiger charge is 2.37. The number of phenolic OH excluding ortho intramolecular Hbond substituents is 2. The maximum Gasteiger partial charge on any atom is 0.326 e. The number of aromatic hydroxyl groups is 2. The molecule has 0 spiro atoms. The fraction of sp³-hybridized carbons (Fsp3) is 0.549. The van der Waals surface area contributed by atoms with Crippen LogP contribution in [0.5, 0.6) is 11.5 Å². The normalized spacial score (nSPS) is 14.0. The number of aromatic nitrogens is 1. The fourth-order valence-electron chi connectivity index (χ4n) is 11.6. The van der Waals surface area contributed by atoms with Crippen LogP contribution in [0.3, 0.4) is 0 Å². The second kappa shape index (κ2) is 48.8. The van der Waals surface area contributed by atoms with E-state index in [1.165, 1.54) is 48.5 Å². The Balaban J connectivity index is 1.75. The second-order valence-electron chi connectivity index (χ2n) is 26.1. The first-order chi connectivity index (χ1) is 50.8. The largest absolute Gasteiger partial charge is 0.508 e. The number of H-pyrrole nitrogens is 1. The van der Waals surface area contributed by atoms with Crippen molar-refractivity contribution < 1.29 is 63.3 Å². The third-order valence-corrected chi connectivity index (χ3v) is 17.5. The van der Waals surface area contributed by atoms with Crippen LogP contribution in [-0.2, 0) is 67.2 Å². The maximum absolute atomic E-state index is 15.3. The molecule has 1 aromatic heterocycles. The Morgan fingerprint density at radius 1 is 0.358 bits per heavy atom. The number of fused-ring (bicyclic) bond motifs is 1. The van der Waals surface area contributed by atoms with Crippen LogP contribution < -0.4 is 105 Å². The number of nitrogens with two attached hydrogens (primary N) is 10. The first-order valence-electron chi connectivity index (χ1n) is 36.2. The van der Waals surface area contributed by atoms with Crippen LogP contribution in [0.4, 0.5) is 0 Å². The van der Waals surface area contributed by atoms with E-state index in [0.29, 0.717) is 98.3 Å². The molecule has 4 rings (SSSR count). The summed E-state index contributed by atoms with van der Waals surface area (Å²) in [4.78, 5) is 155. The summed E-state index contributed by atoms with van der Waals surface area (Å²) in [6, 6.07) is 5.15. The van der Waals surface area contributed by atoms with Crippen LogP contribution >= 0.6 is 0 Å². The molecule has 0 unspecified atom stereocenters. The Morgan fingerprint density at radius 3 is 1.00 bits per heavy atom. The monoisotopic (exact) mass is 1480 g/mol. The molecule has 0 saturated heterocycles. The van der Waals surface area contributed by atoms with Gasteiger partial charge in [0.2, 0.25) is 53.2 Å². The number of rotatable bonds is 53. The van der Waals surface area contributed by atoms with Gasteiger partial charge in [0, 0.05) is 49.5 Å². The lowest BCUT2D eigenvalue weighted by molar-refractivity contribution is -0.142. The van der Waals surface area contributed by atoms with Gasteiger partial charge in [0.25, 0.3) is 0 Å². The number of amides is 9. The molecular formula is C71H114N22O13. The first-order valence-corrected chi connectivity index (χ1v) is 36.2. The number of hydrogen-bond donors (Lipinski definition) is 23. The van der Waals surface area contributed by atoms with E-state index >= 15 is 14.4 Å². The predicted molar refractivity (Wildman–Crippen MR) is 403 cm³/mol. The Morgan fingerprint density at radius 2 is 0.651 bits per heavy atom. The van der Waals surface area contributed by atoms with E-state index in [-0.39, 0.29) is 140 Å². The van der Waals surface area contributed by atoms with Crippen LogP contribution in [-0.4, -0.2) is 198 Å². The molecule has 3 aromatic carbocycles. The van der Waals surface area contributed by atoms with Gasteiger partial charge in [-0.2, -0.15) is 0 Å². The molecule has 0 saturated carbocycles. The van der Waals surface area contributed by atoms with E-state index in [9.17, 15) is 48.9 Å². The number of aliphatic imine (C=N–C) groups is 2. The van der Waals surface area contributed by atoms with E-state index in [4.69, 9.17) is 57.3 Å². The number of carboxylic acid groups (broad SMARTS) is 1. The standard InChI is InChI=1S/C71H114N22O13/c72-32-8-3-18-51(61(97)85-52(19-4-9-33-73)62(98)87-54(21-6-11-35-75)64(100)90-56(69(105)106)22-7-12-36-76)86-63(99)53(20-5-10-34-74)88-68(104)59(41-45-42-84-50-17-2-1-15-48(45)50)93-65(101)55(23-14-38-83-71(80)81)89-66(102)58(40-44-26-30-47(95)31-27-44)92-67(103)57(39-43-24-28-46(94)29-25-43)91-60(96)49(77)16-13-37-82-70(78)79/h1-2,15,17,24-31,42,49,51-59,84,94-95H,3-14,16,18-23,32-41,72-77H2,(H,85,97)(H,86,99)(H,87,98)(H,88,104)(H,89,102)(H,90,100)(H,91,96)(H,92,103)(H,93,101)(H,105,106)(H4,78,79,82)(H4,80,81,83)/t49-,51-,52-,53-,54-,55-,56-,57-,58-,59-/m0/s1. The van der Waals surface area contributed by atoms with Crippen molar-refractivity contribution in [1.82, 2.24) is 52.8 Å². The number of unbranched alkanes of at least 4 members (excludes halogenated alkanes) is 5. The second-order valence-corrected chi connectivity index (χ2v) is 26.1. The third-order valence-electron chi connectivity index (χ3n) is 17.5. The minimum Gasteiger partial charge on any atom is -0.508 e. The van der Waals surface area contributed by atoms with Crippen LogP contribution in [0.1, 0.15) is 139 Å². The number of aromatic amines is 1. The molecule has 33 N–H and O–H groups in total. The van der Waals surface area contributed by atoms with Gasteiger partial charge in [-0.3, -0.25) is 53.1 Å². The Bertz CT molecular complexity index is 3460. The molecule has 0 radical (unpaired) electrons. The fourth-order valence-corrected chi connectivity index (χ4v) is 11.6. The van der Waals surface area contributed by atoms with E-state index in [0.717, 1.165) is 0 Å². The maximum atomic E-state index is 15.3. The van der Waals surface area contributed by atoms with E-state index in [1.807, 2.05) is 0 Å². The van der Waals surface area contributed by atoms with Crippen LogP contribution in [0.15, 0.2) is 89.0 Å². The van der Waals surface area contributed by atoms with Crippen molar-refractivity contribution in [3.8, 4) is 11.5 Å². The molecule has 0 aliphatic heterocycles. The number of nitrogens with one attached hydrogen (secondary N) is 10. The molecular weight excluding hydrogens is 1370 g/mol. The van der Waals surface area contributed by atoms with Gasteiger partial charge in [-0.1, -0.05) is 42.5 Å². The molecule has 4 aromatic rings.